The minimum atomic E-state index is -3.63. The summed E-state index contributed by atoms with van der Waals surface area (Å²) >= 11 is 0. The largest absolute Gasteiger partial charge is 0.385 e. The van der Waals surface area contributed by atoms with Gasteiger partial charge >= 0.3 is 0 Å². The minimum Gasteiger partial charge on any atom is -0.385 e. The van der Waals surface area contributed by atoms with Gasteiger partial charge in [-0.15, -0.1) is 0 Å². The molecule has 0 spiro atoms. The Hall–Kier alpha value is -2.02. The number of sulfonamides is 1. The zero-order valence-electron chi connectivity index (χ0n) is 11.0. The summed E-state index contributed by atoms with van der Waals surface area (Å²) in [5.74, 6) is 0.746. The van der Waals surface area contributed by atoms with Crippen molar-refractivity contribution in [3.8, 4) is 0 Å². The van der Waals surface area contributed by atoms with Gasteiger partial charge in [0.15, 0.2) is 5.82 Å². The van der Waals surface area contributed by atoms with Crippen LogP contribution in [0.15, 0.2) is 33.7 Å². The van der Waals surface area contributed by atoms with E-state index in [1.165, 1.54) is 6.07 Å². The van der Waals surface area contributed by atoms with Crippen LogP contribution in [0, 0.1) is 6.92 Å². The highest BCUT2D eigenvalue weighted by Gasteiger charge is 2.19. The first kappa shape index (κ1) is 13.0. The molecule has 2 aromatic rings. The highest BCUT2D eigenvalue weighted by molar-refractivity contribution is 7.92. The average Bonchev–Trinajstić information content (AvgIpc) is 2.83. The Morgan fingerprint density at radius 1 is 1.35 bits per heavy atom. The van der Waals surface area contributed by atoms with E-state index in [0.29, 0.717) is 5.76 Å². The minimum absolute atomic E-state index is 0.193. The van der Waals surface area contributed by atoms with Gasteiger partial charge in [-0.2, -0.15) is 0 Å². The lowest BCUT2D eigenvalue weighted by Gasteiger charge is -2.18. The lowest BCUT2D eigenvalue weighted by Crippen LogP contribution is -2.16. The van der Waals surface area contributed by atoms with Gasteiger partial charge in [0, 0.05) is 18.3 Å². The van der Waals surface area contributed by atoms with E-state index in [0.717, 1.165) is 30.6 Å². The van der Waals surface area contributed by atoms with Crippen molar-refractivity contribution in [1.29, 1.82) is 0 Å². The number of aromatic nitrogens is 1. The molecule has 0 amide bonds. The topological polar surface area (TPSA) is 84.2 Å². The molecule has 1 aliphatic rings. The number of rotatable bonds is 3. The second kappa shape index (κ2) is 4.82. The maximum atomic E-state index is 12.3. The van der Waals surface area contributed by atoms with E-state index < -0.39 is 10.0 Å². The molecule has 0 atom stereocenters. The summed E-state index contributed by atoms with van der Waals surface area (Å²) in [6.45, 7) is 2.63. The van der Waals surface area contributed by atoms with E-state index in [1.54, 1.807) is 25.1 Å². The van der Waals surface area contributed by atoms with Gasteiger partial charge in [0.25, 0.3) is 10.0 Å². The lowest BCUT2D eigenvalue weighted by molar-refractivity contribution is 0.400. The second-order valence-electron chi connectivity index (χ2n) is 4.78. The molecule has 20 heavy (non-hydrogen) atoms. The Balaban J connectivity index is 1.91. The Morgan fingerprint density at radius 2 is 2.20 bits per heavy atom. The Bertz CT molecular complexity index is 737. The Kier molecular flexibility index (Phi) is 3.13. The number of hydrogen-bond acceptors (Lipinski definition) is 5. The standard InChI is InChI=1S/C13H15N3O3S/c1-9-7-13(15-19-9)16-20(17,18)11-4-5-12-10(8-11)3-2-6-14-12/h4-5,7-8,14H,2-3,6H2,1H3,(H,15,16). The summed E-state index contributed by atoms with van der Waals surface area (Å²) in [5.41, 5.74) is 2.03. The number of nitrogens with zero attached hydrogens (tertiary/aromatic N) is 1. The molecule has 0 fully saturated rings. The number of anilines is 2. The van der Waals surface area contributed by atoms with Gasteiger partial charge in [0.05, 0.1) is 4.90 Å². The third-order valence-corrected chi connectivity index (χ3v) is 4.54. The van der Waals surface area contributed by atoms with Crippen LogP contribution in [-0.2, 0) is 16.4 Å². The second-order valence-corrected chi connectivity index (χ2v) is 6.46. The molecule has 0 radical (unpaired) electrons. The van der Waals surface area contributed by atoms with E-state index in [9.17, 15) is 8.42 Å². The summed E-state index contributed by atoms with van der Waals surface area (Å²) in [7, 11) is -3.63. The normalized spacial score (nSPS) is 14.4. The molecule has 0 bridgehead atoms. The molecule has 3 rings (SSSR count). The predicted molar refractivity (Wildman–Crippen MR) is 75.3 cm³/mol. The van der Waals surface area contributed by atoms with E-state index in [2.05, 4.69) is 15.2 Å². The summed E-state index contributed by atoms with van der Waals surface area (Å²) in [4.78, 5) is 0.237. The fourth-order valence-corrected chi connectivity index (χ4v) is 3.26. The Morgan fingerprint density at radius 3 is 2.95 bits per heavy atom. The van der Waals surface area contributed by atoms with Crippen LogP contribution < -0.4 is 10.0 Å². The number of hydrogen-bond donors (Lipinski definition) is 2. The molecule has 6 nitrogen and oxygen atoms in total. The molecule has 1 aliphatic heterocycles. The van der Waals surface area contributed by atoms with Crippen molar-refractivity contribution in [2.75, 3.05) is 16.6 Å². The van der Waals surface area contributed by atoms with E-state index in [4.69, 9.17) is 4.52 Å². The quantitative estimate of drug-likeness (QED) is 0.905. The van der Waals surface area contributed by atoms with Crippen molar-refractivity contribution in [3.63, 3.8) is 0 Å². The number of fused-ring (bicyclic) bond motifs is 1. The molecular formula is C13H15N3O3S. The maximum absolute atomic E-state index is 12.3. The molecule has 0 unspecified atom stereocenters. The maximum Gasteiger partial charge on any atom is 0.263 e. The summed E-state index contributed by atoms with van der Waals surface area (Å²) in [6.07, 6.45) is 1.89. The zero-order valence-corrected chi connectivity index (χ0v) is 11.8. The molecule has 0 saturated carbocycles. The highest BCUT2D eigenvalue weighted by atomic mass is 32.2. The van der Waals surface area contributed by atoms with Gasteiger partial charge < -0.3 is 9.84 Å². The van der Waals surface area contributed by atoms with Gasteiger partial charge in [-0.25, -0.2) is 8.42 Å². The van der Waals surface area contributed by atoms with Crippen LogP contribution in [0.3, 0.4) is 0 Å². The highest BCUT2D eigenvalue weighted by Crippen LogP contribution is 2.25. The van der Waals surface area contributed by atoms with Crippen molar-refractivity contribution in [2.24, 2.45) is 0 Å². The number of nitrogens with one attached hydrogen (secondary N) is 2. The van der Waals surface area contributed by atoms with Crippen LogP contribution in [-0.4, -0.2) is 20.1 Å². The van der Waals surface area contributed by atoms with Crippen LogP contribution in [0.2, 0.25) is 0 Å². The average molecular weight is 293 g/mol. The monoisotopic (exact) mass is 293 g/mol. The van der Waals surface area contributed by atoms with Gasteiger partial charge in [-0.1, -0.05) is 5.16 Å². The Labute approximate surface area is 117 Å². The fraction of sp³-hybridized carbons (Fsp3) is 0.308. The van der Waals surface area contributed by atoms with Gasteiger partial charge in [-0.3, -0.25) is 4.72 Å². The molecule has 1 aromatic carbocycles. The molecule has 2 N–H and O–H groups in total. The molecule has 7 heteroatoms. The summed E-state index contributed by atoms with van der Waals surface area (Å²) in [6, 6.07) is 6.64. The van der Waals surface area contributed by atoms with Gasteiger partial charge in [0.2, 0.25) is 0 Å². The predicted octanol–water partition coefficient (Wildman–Crippen LogP) is 2.14. The van der Waals surface area contributed by atoms with Crippen LogP contribution in [0.1, 0.15) is 17.7 Å². The first-order chi connectivity index (χ1) is 9.54. The van der Waals surface area contributed by atoms with Gasteiger partial charge in [0.1, 0.15) is 5.76 Å². The number of benzene rings is 1. The van der Waals surface area contributed by atoms with Crippen molar-refractivity contribution >= 4 is 21.5 Å². The van der Waals surface area contributed by atoms with Crippen molar-refractivity contribution < 1.29 is 12.9 Å². The van der Waals surface area contributed by atoms with Crippen LogP contribution in [0.5, 0.6) is 0 Å². The lowest BCUT2D eigenvalue weighted by atomic mass is 10.0. The van der Waals surface area contributed by atoms with Crippen LogP contribution >= 0.6 is 0 Å². The molecule has 1 aromatic heterocycles. The third-order valence-electron chi connectivity index (χ3n) is 3.19. The van der Waals surface area contributed by atoms with E-state index in [-0.39, 0.29) is 10.7 Å². The SMILES string of the molecule is Cc1cc(NS(=O)(=O)c2ccc3c(c2)CCCN3)no1. The molecular weight excluding hydrogens is 278 g/mol. The van der Waals surface area contributed by atoms with Gasteiger partial charge in [-0.05, 0) is 43.5 Å². The third kappa shape index (κ3) is 2.49. The summed E-state index contributed by atoms with van der Waals surface area (Å²) < 4.78 is 31.8. The first-order valence-electron chi connectivity index (χ1n) is 6.37. The van der Waals surface area contributed by atoms with E-state index in [1.807, 2.05) is 0 Å². The van der Waals surface area contributed by atoms with Crippen LogP contribution in [0.4, 0.5) is 11.5 Å². The fourth-order valence-electron chi connectivity index (χ4n) is 2.23. The van der Waals surface area contributed by atoms with Crippen molar-refractivity contribution in [3.05, 3.63) is 35.6 Å². The van der Waals surface area contributed by atoms with Crippen molar-refractivity contribution in [2.45, 2.75) is 24.7 Å². The number of aryl methyl sites for hydroxylation is 2. The molecule has 2 heterocycles. The first-order valence-corrected chi connectivity index (χ1v) is 7.86. The molecule has 0 aliphatic carbocycles. The molecule has 106 valence electrons. The smallest absolute Gasteiger partial charge is 0.263 e. The zero-order chi connectivity index (χ0) is 14.2. The molecule has 0 saturated heterocycles. The van der Waals surface area contributed by atoms with Crippen molar-refractivity contribution in [1.82, 2.24) is 5.16 Å². The van der Waals surface area contributed by atoms with Crippen LogP contribution in [0.25, 0.3) is 0 Å². The van der Waals surface area contributed by atoms with E-state index >= 15 is 0 Å². The summed E-state index contributed by atoms with van der Waals surface area (Å²) in [5, 5.41) is 6.89.